The number of aliphatic imine (C=N–C) groups is 1. The number of halogens is 4. The van der Waals surface area contributed by atoms with Crippen LogP contribution in [0.2, 0.25) is 5.02 Å². The molecule has 32 heavy (non-hydrogen) atoms. The number of carbonyl (C=O) groups is 1. The minimum Gasteiger partial charge on any atom is -0.394 e. The normalized spacial score (nSPS) is 19.9. The molecule has 1 aromatic heterocycles. The maximum Gasteiger partial charge on any atom is 0.396 e. The third kappa shape index (κ3) is 6.30. The van der Waals surface area contributed by atoms with Gasteiger partial charge in [0.15, 0.2) is 0 Å². The number of nitrogens with one attached hydrogen (secondary N) is 1. The number of aryl methyl sites for hydroxylation is 1. The topological polar surface area (TPSA) is 98.1 Å². The van der Waals surface area contributed by atoms with Crippen LogP contribution in [0.5, 0.6) is 0 Å². The average molecular weight is 473 g/mol. The molecule has 0 radical (unpaired) electrons. The molecule has 0 aliphatic carbocycles. The molecule has 2 atom stereocenters. The van der Waals surface area contributed by atoms with E-state index in [4.69, 9.17) is 16.7 Å². The first-order valence-corrected chi connectivity index (χ1v) is 10.5. The Kier molecular flexibility index (Phi) is 7.91. The molecule has 11 heteroatoms. The van der Waals surface area contributed by atoms with Crippen LogP contribution in [-0.4, -0.2) is 70.5 Å². The fraction of sp³-hybridized carbons (Fsp3) is 0.476. The Balaban J connectivity index is 1.55. The highest BCUT2D eigenvalue weighted by Gasteiger charge is 2.38. The van der Waals surface area contributed by atoms with E-state index in [1.807, 2.05) is 6.08 Å². The molecular formula is C21H24ClF3N4O3. The maximum atomic E-state index is 12.7. The summed E-state index contributed by atoms with van der Waals surface area (Å²) in [5.41, 5.74) is 2.36. The Morgan fingerprint density at radius 1 is 1.41 bits per heavy atom. The SMILES string of the molecule is O=C(NC1=NCC(C(F)(F)F)C=C1)N1CC=C(c2ncc(CCC(O)CO)cc2Cl)CC1. The molecule has 0 saturated heterocycles. The summed E-state index contributed by atoms with van der Waals surface area (Å²) in [6.07, 6.45) is 2.00. The molecular weight excluding hydrogens is 449 g/mol. The summed E-state index contributed by atoms with van der Waals surface area (Å²) in [4.78, 5) is 22.2. The molecule has 2 aliphatic heterocycles. The van der Waals surface area contributed by atoms with Crippen molar-refractivity contribution < 1.29 is 28.2 Å². The van der Waals surface area contributed by atoms with Gasteiger partial charge in [-0.05, 0) is 42.5 Å². The van der Waals surface area contributed by atoms with Gasteiger partial charge < -0.3 is 15.1 Å². The summed E-state index contributed by atoms with van der Waals surface area (Å²) in [6.45, 7) is -0.0548. The van der Waals surface area contributed by atoms with E-state index in [1.54, 1.807) is 12.3 Å². The van der Waals surface area contributed by atoms with Crippen molar-refractivity contribution in [3.63, 3.8) is 0 Å². The van der Waals surface area contributed by atoms with Crippen molar-refractivity contribution in [2.75, 3.05) is 26.2 Å². The highest BCUT2D eigenvalue weighted by atomic mass is 35.5. The molecule has 3 N–H and O–H groups in total. The zero-order valence-electron chi connectivity index (χ0n) is 17.1. The minimum atomic E-state index is -4.35. The van der Waals surface area contributed by atoms with Crippen molar-refractivity contribution in [2.24, 2.45) is 10.9 Å². The predicted molar refractivity (Wildman–Crippen MR) is 114 cm³/mol. The van der Waals surface area contributed by atoms with E-state index in [0.717, 1.165) is 17.2 Å². The molecule has 2 amide bonds. The molecule has 0 bridgehead atoms. The molecule has 174 valence electrons. The predicted octanol–water partition coefficient (Wildman–Crippen LogP) is 2.97. The van der Waals surface area contributed by atoms with Gasteiger partial charge in [0, 0.05) is 19.3 Å². The quantitative estimate of drug-likeness (QED) is 0.613. The number of amides is 2. The minimum absolute atomic E-state index is 0.108. The number of amidine groups is 1. The van der Waals surface area contributed by atoms with Crippen molar-refractivity contribution in [3.05, 3.63) is 46.8 Å². The van der Waals surface area contributed by atoms with Gasteiger partial charge in [0.25, 0.3) is 0 Å². The Bertz CT molecular complexity index is 933. The second-order valence-corrected chi connectivity index (χ2v) is 8.04. The van der Waals surface area contributed by atoms with Crippen LogP contribution in [0.4, 0.5) is 18.0 Å². The number of aliphatic hydroxyl groups excluding tert-OH is 2. The van der Waals surface area contributed by atoms with Crippen LogP contribution >= 0.6 is 11.6 Å². The second kappa shape index (κ2) is 10.5. The van der Waals surface area contributed by atoms with Gasteiger partial charge in [-0.25, -0.2) is 4.79 Å². The van der Waals surface area contributed by atoms with Crippen molar-refractivity contribution in [1.29, 1.82) is 0 Å². The summed E-state index contributed by atoms with van der Waals surface area (Å²) in [5.74, 6) is -1.52. The summed E-state index contributed by atoms with van der Waals surface area (Å²) >= 11 is 6.37. The largest absolute Gasteiger partial charge is 0.396 e. The first-order chi connectivity index (χ1) is 15.2. The van der Waals surface area contributed by atoms with Crippen LogP contribution in [0.1, 0.15) is 24.1 Å². The van der Waals surface area contributed by atoms with Crippen LogP contribution in [-0.2, 0) is 6.42 Å². The number of hydrogen-bond donors (Lipinski definition) is 3. The lowest BCUT2D eigenvalue weighted by molar-refractivity contribution is -0.158. The third-order valence-electron chi connectivity index (χ3n) is 5.28. The fourth-order valence-corrected chi connectivity index (χ4v) is 3.65. The number of carbonyl (C=O) groups excluding carboxylic acids is 1. The number of hydrogen-bond acceptors (Lipinski definition) is 5. The van der Waals surface area contributed by atoms with E-state index in [-0.39, 0.29) is 12.4 Å². The van der Waals surface area contributed by atoms with Gasteiger partial charge in [-0.15, -0.1) is 0 Å². The number of nitrogens with zero attached hydrogens (tertiary/aromatic N) is 3. The maximum absolute atomic E-state index is 12.7. The lowest BCUT2D eigenvalue weighted by atomic mass is 10.0. The summed E-state index contributed by atoms with van der Waals surface area (Å²) in [5, 5.41) is 21.3. The number of rotatable bonds is 5. The molecule has 0 aromatic carbocycles. The average Bonchev–Trinajstić information content (AvgIpc) is 2.77. The molecule has 1 aromatic rings. The number of alkyl halides is 3. The standard InChI is InChI=1S/C21H24ClF3N4O3/c22-17-9-13(1-3-16(31)12-30)10-27-19(17)14-5-7-29(8-6-14)20(32)28-18-4-2-15(11-26-18)21(23,24)25/h2,4-5,9-10,15-16,30-31H,1,3,6-8,11-12H2,(H,26,28,32). The van der Waals surface area contributed by atoms with E-state index >= 15 is 0 Å². The zero-order valence-corrected chi connectivity index (χ0v) is 17.9. The van der Waals surface area contributed by atoms with Crippen LogP contribution < -0.4 is 5.32 Å². The van der Waals surface area contributed by atoms with E-state index in [2.05, 4.69) is 15.3 Å². The van der Waals surface area contributed by atoms with Crippen LogP contribution in [0.25, 0.3) is 5.57 Å². The molecule has 3 rings (SSSR count). The third-order valence-corrected chi connectivity index (χ3v) is 5.56. The smallest absolute Gasteiger partial charge is 0.394 e. The van der Waals surface area contributed by atoms with Gasteiger partial charge >= 0.3 is 12.2 Å². The summed E-state index contributed by atoms with van der Waals surface area (Å²) < 4.78 is 38.0. The Hall–Kier alpha value is -2.43. The van der Waals surface area contributed by atoms with Crippen LogP contribution in [0, 0.1) is 5.92 Å². The monoisotopic (exact) mass is 472 g/mol. The molecule has 7 nitrogen and oxygen atoms in total. The molecule has 0 fully saturated rings. The first kappa shape index (κ1) is 24.2. The van der Waals surface area contributed by atoms with Crippen molar-refractivity contribution in [3.8, 4) is 0 Å². The van der Waals surface area contributed by atoms with Crippen molar-refractivity contribution in [1.82, 2.24) is 15.2 Å². The number of dihydropyridines is 1. The van der Waals surface area contributed by atoms with Gasteiger partial charge in [0.05, 0.1) is 35.9 Å². The van der Waals surface area contributed by atoms with Gasteiger partial charge in [-0.3, -0.25) is 15.3 Å². The van der Waals surface area contributed by atoms with Gasteiger partial charge in [0.2, 0.25) is 0 Å². The summed E-state index contributed by atoms with van der Waals surface area (Å²) in [7, 11) is 0. The van der Waals surface area contributed by atoms with Crippen LogP contribution in [0.3, 0.4) is 0 Å². The molecule has 2 aliphatic rings. The summed E-state index contributed by atoms with van der Waals surface area (Å²) in [6, 6.07) is 1.33. The van der Waals surface area contributed by atoms with E-state index in [9.17, 15) is 23.1 Å². The van der Waals surface area contributed by atoms with E-state index in [0.29, 0.717) is 43.1 Å². The van der Waals surface area contributed by atoms with Crippen molar-refractivity contribution >= 4 is 29.0 Å². The number of pyridine rings is 1. The molecule has 0 spiro atoms. The van der Waals surface area contributed by atoms with Gasteiger partial charge in [0.1, 0.15) is 5.84 Å². The van der Waals surface area contributed by atoms with Crippen molar-refractivity contribution in [2.45, 2.75) is 31.5 Å². The fourth-order valence-electron chi connectivity index (χ4n) is 3.34. The number of aromatic nitrogens is 1. The Morgan fingerprint density at radius 2 is 2.19 bits per heavy atom. The van der Waals surface area contributed by atoms with Crippen LogP contribution in [0.15, 0.2) is 35.5 Å². The molecule has 0 saturated carbocycles. The highest BCUT2D eigenvalue weighted by Crippen LogP contribution is 2.29. The Labute approximate surface area is 188 Å². The van der Waals surface area contributed by atoms with E-state index < -0.39 is 30.8 Å². The zero-order chi connectivity index (χ0) is 23.3. The lowest BCUT2D eigenvalue weighted by Crippen LogP contribution is -2.45. The Morgan fingerprint density at radius 3 is 2.75 bits per heavy atom. The highest BCUT2D eigenvalue weighted by molar-refractivity contribution is 6.32. The molecule has 2 unspecified atom stereocenters. The molecule has 3 heterocycles. The van der Waals surface area contributed by atoms with Gasteiger partial charge in [-0.2, -0.15) is 13.2 Å². The van der Waals surface area contributed by atoms with Gasteiger partial charge in [-0.1, -0.05) is 23.8 Å². The number of aliphatic hydroxyl groups is 2. The first-order valence-electron chi connectivity index (χ1n) is 10.2. The lowest BCUT2D eigenvalue weighted by Gasteiger charge is -2.27. The van der Waals surface area contributed by atoms with E-state index in [1.165, 1.54) is 11.0 Å². The number of urea groups is 1. The second-order valence-electron chi connectivity index (χ2n) is 7.64.